The summed E-state index contributed by atoms with van der Waals surface area (Å²) < 4.78 is 85.0. The molecule has 18 heteroatoms. The highest BCUT2D eigenvalue weighted by atomic mass is 32.2. The molecule has 2 unspecified atom stereocenters. The van der Waals surface area contributed by atoms with E-state index in [-0.39, 0.29) is 30.0 Å². The minimum absolute atomic E-state index is 0.0401. The molecule has 0 radical (unpaired) electrons. The Balaban J connectivity index is 1.64. The average molecular weight is 663 g/mol. The first kappa shape index (κ1) is 34.2. The molecule has 2 heterocycles. The Hall–Kier alpha value is -3.67. The van der Waals surface area contributed by atoms with E-state index in [2.05, 4.69) is 27.2 Å². The number of sulfone groups is 1. The minimum atomic E-state index is -5.22. The Bertz CT molecular complexity index is 1710. The fourth-order valence-electron chi connectivity index (χ4n) is 4.76. The number of likely N-dealkylation sites (tertiary alicyclic amines) is 1. The van der Waals surface area contributed by atoms with E-state index in [1.54, 1.807) is 19.2 Å². The summed E-state index contributed by atoms with van der Waals surface area (Å²) >= 11 is 0. The molecule has 3 aromatic rings. The van der Waals surface area contributed by atoms with Gasteiger partial charge >= 0.3 is 17.6 Å². The highest BCUT2D eigenvalue weighted by molar-refractivity contribution is 7.92. The zero-order valence-electron chi connectivity index (χ0n) is 23.5. The van der Waals surface area contributed by atoms with Gasteiger partial charge in [0.15, 0.2) is 5.75 Å². The Morgan fingerprint density at radius 1 is 1.04 bits per heavy atom. The van der Waals surface area contributed by atoms with Crippen molar-refractivity contribution in [3.05, 3.63) is 48.2 Å². The van der Waals surface area contributed by atoms with Gasteiger partial charge in [-0.2, -0.15) is 13.2 Å². The van der Waals surface area contributed by atoms with Gasteiger partial charge in [0.05, 0.1) is 34.4 Å². The molecule has 0 aliphatic carbocycles. The molecule has 0 spiro atoms. The molecule has 1 aliphatic heterocycles. The van der Waals surface area contributed by atoms with Gasteiger partial charge in [0.1, 0.15) is 12.7 Å². The van der Waals surface area contributed by atoms with Gasteiger partial charge in [-0.15, -0.1) is 0 Å². The summed E-state index contributed by atoms with van der Waals surface area (Å²) in [5, 5.41) is 57.0. The second kappa shape index (κ2) is 12.6. The zero-order chi connectivity index (χ0) is 33.4. The highest BCUT2D eigenvalue weighted by Crippen LogP contribution is 2.33. The molecule has 4 rings (SSSR count). The number of ether oxygens (including phenoxy) is 1. The van der Waals surface area contributed by atoms with E-state index in [1.807, 2.05) is 4.90 Å². The van der Waals surface area contributed by atoms with Gasteiger partial charge in [-0.1, -0.05) is 12.0 Å². The van der Waals surface area contributed by atoms with Crippen LogP contribution in [-0.4, -0.2) is 105 Å². The van der Waals surface area contributed by atoms with Crippen LogP contribution in [0.3, 0.4) is 0 Å². The van der Waals surface area contributed by atoms with Gasteiger partial charge in [-0.05, 0) is 49.7 Å². The van der Waals surface area contributed by atoms with Crippen LogP contribution in [0.4, 0.5) is 28.9 Å². The van der Waals surface area contributed by atoms with E-state index < -0.39 is 56.9 Å². The zero-order valence-corrected chi connectivity index (χ0v) is 24.3. The third-order valence-electron chi connectivity index (χ3n) is 6.82. The van der Waals surface area contributed by atoms with Crippen molar-refractivity contribution in [2.75, 3.05) is 37.3 Å². The smallest absolute Gasteiger partial charge is 0.415 e. The lowest BCUT2D eigenvalue weighted by Crippen LogP contribution is -2.46. The molecule has 1 aliphatic rings. The maximum Gasteiger partial charge on any atom is 0.453 e. The van der Waals surface area contributed by atoms with Crippen LogP contribution in [0.5, 0.6) is 5.75 Å². The van der Waals surface area contributed by atoms with Gasteiger partial charge in [-0.3, -0.25) is 0 Å². The van der Waals surface area contributed by atoms with Crippen LogP contribution in [0.2, 0.25) is 0 Å². The monoisotopic (exact) mass is 662 g/mol. The summed E-state index contributed by atoms with van der Waals surface area (Å²) in [6.07, 6.45) is -9.15. The number of benzene rings is 2. The largest absolute Gasteiger partial charge is 0.453 e. The average Bonchev–Trinajstić information content (AvgIpc) is 3.23. The molecule has 1 fully saturated rings. The predicted molar refractivity (Wildman–Crippen MR) is 151 cm³/mol. The van der Waals surface area contributed by atoms with Gasteiger partial charge in [0.25, 0.3) is 9.84 Å². The van der Waals surface area contributed by atoms with Crippen LogP contribution in [0, 0.1) is 11.8 Å². The number of nitrogens with one attached hydrogen (secondary N) is 2. The number of hydrogen-bond donors (Lipinski definition) is 8. The Morgan fingerprint density at radius 2 is 1.76 bits per heavy atom. The standard InChI is InChI=1S/C27H30F4N4O9S/c1-34-11-9-21(19(28)14-34)33-20-5-2-6-23-18(20)12-16(35(23)15-25(29,30)31)4-3-10-32-22-8-7-17(45(42,43)27(39,40)41)13-24(22)44-26(36,37)38/h2,5-8,12-13,19,21,32-33,36-41H,9-11,14-15H2,1H3. The normalized spacial score (nSPS) is 18.4. The second-order valence-electron chi connectivity index (χ2n) is 10.4. The fourth-order valence-corrected chi connectivity index (χ4v) is 5.59. The van der Waals surface area contributed by atoms with Gasteiger partial charge < -0.3 is 55.5 Å². The minimum Gasteiger partial charge on any atom is -0.415 e. The molecule has 45 heavy (non-hydrogen) atoms. The summed E-state index contributed by atoms with van der Waals surface area (Å²) in [4.78, 5) is 0.875. The molecule has 1 saturated heterocycles. The number of aliphatic hydroxyl groups is 6. The maximum atomic E-state index is 14.7. The summed E-state index contributed by atoms with van der Waals surface area (Å²) in [7, 11) is -3.43. The molecule has 246 valence electrons. The van der Waals surface area contributed by atoms with Crippen LogP contribution >= 0.6 is 0 Å². The number of piperidine rings is 1. The van der Waals surface area contributed by atoms with Crippen LogP contribution in [0.15, 0.2) is 47.4 Å². The van der Waals surface area contributed by atoms with Crippen LogP contribution < -0.4 is 15.4 Å². The first-order valence-electron chi connectivity index (χ1n) is 13.2. The fraction of sp³-hybridized carbons (Fsp3) is 0.407. The first-order chi connectivity index (χ1) is 20.7. The van der Waals surface area contributed by atoms with E-state index in [4.69, 9.17) is 15.3 Å². The molecule has 0 bridgehead atoms. The van der Waals surface area contributed by atoms with E-state index >= 15 is 0 Å². The van der Waals surface area contributed by atoms with Crippen LogP contribution in [0.25, 0.3) is 10.9 Å². The number of nitrogens with zero attached hydrogens (tertiary/aromatic N) is 2. The van der Waals surface area contributed by atoms with Crippen molar-refractivity contribution in [1.29, 1.82) is 0 Å². The van der Waals surface area contributed by atoms with Gasteiger partial charge in [0, 0.05) is 30.2 Å². The highest BCUT2D eigenvalue weighted by Gasteiger charge is 2.40. The molecule has 0 amide bonds. The lowest BCUT2D eigenvalue weighted by atomic mass is 10.0. The molecular weight excluding hydrogens is 632 g/mol. The lowest BCUT2D eigenvalue weighted by Gasteiger charge is -2.33. The van der Waals surface area contributed by atoms with Gasteiger partial charge in [0.2, 0.25) is 0 Å². The molecule has 2 atom stereocenters. The summed E-state index contributed by atoms with van der Waals surface area (Å²) in [6.45, 7) is -0.879. The van der Waals surface area contributed by atoms with Crippen molar-refractivity contribution in [1.82, 2.24) is 9.47 Å². The quantitative estimate of drug-likeness (QED) is 0.0897. The number of halogens is 4. The summed E-state index contributed by atoms with van der Waals surface area (Å²) in [5.74, 6) is 4.45. The van der Waals surface area contributed by atoms with E-state index in [0.717, 1.165) is 16.7 Å². The molecule has 8 N–H and O–H groups in total. The van der Waals surface area contributed by atoms with Gasteiger partial charge in [-0.25, -0.2) is 12.8 Å². The number of fused-ring (bicyclic) bond motifs is 1. The maximum absolute atomic E-state index is 14.7. The molecular formula is C27H30F4N4O9S. The number of alkyl halides is 4. The van der Waals surface area contributed by atoms with Crippen LogP contribution in [-0.2, 0) is 16.4 Å². The molecule has 13 nitrogen and oxygen atoms in total. The number of aromatic nitrogens is 1. The van der Waals surface area contributed by atoms with Crippen LogP contribution in [0.1, 0.15) is 12.1 Å². The number of anilines is 2. The van der Waals surface area contributed by atoms with E-state index in [9.17, 15) is 41.3 Å². The van der Waals surface area contributed by atoms with E-state index in [1.165, 1.54) is 12.1 Å². The van der Waals surface area contributed by atoms with Crippen molar-refractivity contribution < 1.29 is 61.4 Å². The third kappa shape index (κ3) is 8.33. The summed E-state index contributed by atoms with van der Waals surface area (Å²) in [6, 6.07) is 7.74. The molecule has 2 aromatic carbocycles. The first-order valence-corrected chi connectivity index (χ1v) is 14.7. The third-order valence-corrected chi connectivity index (χ3v) is 8.42. The van der Waals surface area contributed by atoms with Crippen molar-refractivity contribution in [3.8, 4) is 17.6 Å². The second-order valence-corrected chi connectivity index (χ2v) is 12.4. The van der Waals surface area contributed by atoms with Crippen molar-refractivity contribution in [2.45, 2.75) is 47.7 Å². The van der Waals surface area contributed by atoms with Crippen molar-refractivity contribution in [2.24, 2.45) is 0 Å². The molecule has 1 aromatic heterocycles. The number of rotatable bonds is 9. The van der Waals surface area contributed by atoms with E-state index in [0.29, 0.717) is 30.1 Å². The van der Waals surface area contributed by atoms with Crippen molar-refractivity contribution in [3.63, 3.8) is 0 Å². The Morgan fingerprint density at radius 3 is 2.38 bits per heavy atom. The Kier molecular flexibility index (Phi) is 9.59. The van der Waals surface area contributed by atoms with Crippen molar-refractivity contribution >= 4 is 32.1 Å². The number of hydrogen-bond acceptors (Lipinski definition) is 12. The summed E-state index contributed by atoms with van der Waals surface area (Å²) in [5.41, 5.74) is 0.359. The predicted octanol–water partition coefficient (Wildman–Crippen LogP) is 0.450. The molecule has 0 saturated carbocycles. The lowest BCUT2D eigenvalue weighted by molar-refractivity contribution is -0.419. The topological polar surface area (TPSA) is 197 Å². The Labute approximate surface area is 253 Å². The SMILES string of the molecule is CN1CCC(Nc2cccc3c2cc(C#CCNc2ccc(S(=O)(=O)C(O)(O)O)cc2OC(O)(O)O)n3CC(F)(F)F)C(F)C1.